The maximum atomic E-state index is 3.61. The van der Waals surface area contributed by atoms with Crippen LogP contribution in [0, 0.1) is 0 Å². The number of rotatable bonds is 3. The zero-order valence-electron chi connectivity index (χ0n) is 6.89. The van der Waals surface area contributed by atoms with Crippen molar-refractivity contribution in [3.8, 4) is 0 Å². The monoisotopic (exact) mass is 159 g/mol. The highest BCUT2D eigenvalue weighted by Gasteiger charge is 2.15. The Hall–Kier alpha value is 0.310. The van der Waals surface area contributed by atoms with Crippen LogP contribution in [0.15, 0.2) is 0 Å². The van der Waals surface area contributed by atoms with E-state index in [1.807, 2.05) is 0 Å². The van der Waals surface area contributed by atoms with Gasteiger partial charge >= 0.3 is 0 Å². The molecular formula is C8H17NS. The molecule has 0 spiro atoms. The van der Waals surface area contributed by atoms with Crippen LogP contribution in [0.25, 0.3) is 0 Å². The van der Waals surface area contributed by atoms with Gasteiger partial charge in [-0.2, -0.15) is 11.8 Å². The van der Waals surface area contributed by atoms with Crippen molar-refractivity contribution in [3.05, 3.63) is 0 Å². The molecule has 60 valence electrons. The summed E-state index contributed by atoms with van der Waals surface area (Å²) in [6.45, 7) is 4.50. The predicted molar refractivity (Wildman–Crippen MR) is 48.6 cm³/mol. The molecule has 2 atom stereocenters. The van der Waals surface area contributed by atoms with Gasteiger partial charge < -0.3 is 5.32 Å². The Morgan fingerprint density at radius 2 is 2.50 bits per heavy atom. The molecule has 0 amide bonds. The average molecular weight is 159 g/mol. The minimum absolute atomic E-state index is 0.712. The van der Waals surface area contributed by atoms with Crippen molar-refractivity contribution in [2.45, 2.75) is 38.8 Å². The van der Waals surface area contributed by atoms with Gasteiger partial charge in [0.1, 0.15) is 0 Å². The van der Waals surface area contributed by atoms with Crippen LogP contribution in [0.3, 0.4) is 0 Å². The third kappa shape index (κ3) is 2.51. The van der Waals surface area contributed by atoms with E-state index >= 15 is 0 Å². The highest BCUT2D eigenvalue weighted by atomic mass is 32.2. The summed E-state index contributed by atoms with van der Waals surface area (Å²) < 4.78 is 0. The molecule has 1 aliphatic heterocycles. The molecule has 1 aliphatic rings. The lowest BCUT2D eigenvalue weighted by atomic mass is 10.2. The summed E-state index contributed by atoms with van der Waals surface area (Å²) in [5, 5.41) is 3.61. The maximum Gasteiger partial charge on any atom is 0.0168 e. The fraction of sp³-hybridized carbons (Fsp3) is 1.00. The van der Waals surface area contributed by atoms with E-state index in [0.717, 1.165) is 6.04 Å². The minimum Gasteiger partial charge on any atom is -0.311 e. The van der Waals surface area contributed by atoms with E-state index in [1.54, 1.807) is 0 Å². The zero-order valence-corrected chi connectivity index (χ0v) is 7.71. The highest BCUT2D eigenvalue weighted by Crippen LogP contribution is 2.17. The molecule has 1 N–H and O–H groups in total. The van der Waals surface area contributed by atoms with Gasteiger partial charge in [0.2, 0.25) is 0 Å². The van der Waals surface area contributed by atoms with Gasteiger partial charge in [0.25, 0.3) is 0 Å². The standard InChI is InChI=1S/C8H17NS/c1-3-7(2)9-8-4-5-10-6-8/h7-9H,3-6H2,1-2H3. The molecule has 0 aromatic carbocycles. The molecule has 10 heavy (non-hydrogen) atoms. The molecule has 0 aromatic rings. The lowest BCUT2D eigenvalue weighted by Gasteiger charge is -2.16. The molecule has 0 aliphatic carbocycles. The van der Waals surface area contributed by atoms with Crippen molar-refractivity contribution in [1.82, 2.24) is 5.32 Å². The molecule has 1 nitrogen and oxygen atoms in total. The molecule has 0 aromatic heterocycles. The smallest absolute Gasteiger partial charge is 0.0168 e. The Morgan fingerprint density at radius 1 is 1.70 bits per heavy atom. The van der Waals surface area contributed by atoms with Gasteiger partial charge in [-0.15, -0.1) is 0 Å². The van der Waals surface area contributed by atoms with Gasteiger partial charge in [0.15, 0.2) is 0 Å². The van der Waals surface area contributed by atoms with Gasteiger partial charge in [-0.3, -0.25) is 0 Å². The van der Waals surface area contributed by atoms with Gasteiger partial charge in [-0.05, 0) is 25.5 Å². The van der Waals surface area contributed by atoms with E-state index in [4.69, 9.17) is 0 Å². The lowest BCUT2D eigenvalue weighted by Crippen LogP contribution is -2.35. The van der Waals surface area contributed by atoms with Crippen LogP contribution in [-0.2, 0) is 0 Å². The molecule has 1 fully saturated rings. The highest BCUT2D eigenvalue weighted by molar-refractivity contribution is 7.99. The Kier molecular flexibility index (Phi) is 3.57. The van der Waals surface area contributed by atoms with Crippen LogP contribution in [0.5, 0.6) is 0 Å². The van der Waals surface area contributed by atoms with Crippen LogP contribution < -0.4 is 5.32 Å². The van der Waals surface area contributed by atoms with E-state index in [2.05, 4.69) is 30.9 Å². The van der Waals surface area contributed by atoms with Gasteiger partial charge in [-0.1, -0.05) is 6.92 Å². The lowest BCUT2D eigenvalue weighted by molar-refractivity contribution is 0.463. The molecule has 0 radical (unpaired) electrons. The van der Waals surface area contributed by atoms with Crippen molar-refractivity contribution < 1.29 is 0 Å². The van der Waals surface area contributed by atoms with Crippen molar-refractivity contribution >= 4 is 11.8 Å². The summed E-state index contributed by atoms with van der Waals surface area (Å²) in [7, 11) is 0. The molecule has 0 bridgehead atoms. The van der Waals surface area contributed by atoms with E-state index in [-0.39, 0.29) is 0 Å². The summed E-state index contributed by atoms with van der Waals surface area (Å²) in [6, 6.07) is 1.52. The predicted octanol–water partition coefficient (Wildman–Crippen LogP) is 1.88. The normalized spacial score (nSPS) is 28.8. The van der Waals surface area contributed by atoms with E-state index < -0.39 is 0 Å². The van der Waals surface area contributed by atoms with Crippen LogP contribution in [0.1, 0.15) is 26.7 Å². The largest absolute Gasteiger partial charge is 0.311 e. The summed E-state index contributed by atoms with van der Waals surface area (Å²) in [5.41, 5.74) is 0. The Labute approximate surface area is 68.0 Å². The molecule has 1 rings (SSSR count). The summed E-state index contributed by atoms with van der Waals surface area (Å²) in [4.78, 5) is 0. The Balaban J connectivity index is 2.11. The first-order valence-electron chi connectivity index (χ1n) is 4.16. The molecule has 1 heterocycles. The van der Waals surface area contributed by atoms with Crippen LogP contribution >= 0.6 is 11.8 Å². The molecule has 2 heteroatoms. The van der Waals surface area contributed by atoms with Gasteiger partial charge in [0.05, 0.1) is 0 Å². The van der Waals surface area contributed by atoms with Crippen LogP contribution in [0.4, 0.5) is 0 Å². The summed E-state index contributed by atoms with van der Waals surface area (Å²) in [6.07, 6.45) is 2.62. The summed E-state index contributed by atoms with van der Waals surface area (Å²) in [5.74, 6) is 2.68. The molecule has 1 saturated heterocycles. The van der Waals surface area contributed by atoms with E-state index in [1.165, 1.54) is 24.3 Å². The third-order valence-electron chi connectivity index (χ3n) is 2.06. The second kappa shape index (κ2) is 4.24. The molecular weight excluding hydrogens is 142 g/mol. The number of nitrogens with one attached hydrogen (secondary N) is 1. The van der Waals surface area contributed by atoms with Gasteiger partial charge in [0, 0.05) is 17.8 Å². The quantitative estimate of drug-likeness (QED) is 0.675. The van der Waals surface area contributed by atoms with Crippen molar-refractivity contribution in [1.29, 1.82) is 0 Å². The van der Waals surface area contributed by atoms with E-state index in [0.29, 0.717) is 6.04 Å². The van der Waals surface area contributed by atoms with Crippen molar-refractivity contribution in [2.24, 2.45) is 0 Å². The van der Waals surface area contributed by atoms with E-state index in [9.17, 15) is 0 Å². The van der Waals surface area contributed by atoms with Crippen molar-refractivity contribution in [2.75, 3.05) is 11.5 Å². The molecule has 0 saturated carbocycles. The van der Waals surface area contributed by atoms with Crippen LogP contribution in [0.2, 0.25) is 0 Å². The fourth-order valence-electron chi connectivity index (χ4n) is 1.19. The first-order chi connectivity index (χ1) is 4.83. The topological polar surface area (TPSA) is 12.0 Å². The Morgan fingerprint density at radius 3 is 3.00 bits per heavy atom. The number of hydrogen-bond acceptors (Lipinski definition) is 2. The SMILES string of the molecule is CCC(C)NC1CCSC1. The third-order valence-corrected chi connectivity index (χ3v) is 3.22. The minimum atomic E-state index is 0.712. The first-order valence-corrected chi connectivity index (χ1v) is 5.32. The van der Waals surface area contributed by atoms with Crippen LogP contribution in [-0.4, -0.2) is 23.6 Å². The maximum absolute atomic E-state index is 3.61. The second-order valence-electron chi connectivity index (χ2n) is 3.04. The van der Waals surface area contributed by atoms with Crippen molar-refractivity contribution in [3.63, 3.8) is 0 Å². The first kappa shape index (κ1) is 8.41. The second-order valence-corrected chi connectivity index (χ2v) is 4.19. The van der Waals surface area contributed by atoms with Gasteiger partial charge in [-0.25, -0.2) is 0 Å². The summed E-state index contributed by atoms with van der Waals surface area (Å²) >= 11 is 2.07. The average Bonchev–Trinajstić information content (AvgIpc) is 2.40. The zero-order chi connectivity index (χ0) is 7.40. The Bertz CT molecular complexity index is 89.3. The number of thioether (sulfide) groups is 1. The number of hydrogen-bond donors (Lipinski definition) is 1. The fourth-order valence-corrected chi connectivity index (χ4v) is 2.35. The molecule has 2 unspecified atom stereocenters.